The van der Waals surface area contributed by atoms with Crippen LogP contribution < -0.4 is 4.74 Å². The van der Waals surface area contributed by atoms with Crippen molar-refractivity contribution in [3.8, 4) is 5.75 Å². The van der Waals surface area contributed by atoms with Crippen LogP contribution in [0.3, 0.4) is 0 Å². The molecule has 1 aliphatic carbocycles. The standard InChI is InChI=1S/C25H26F2O7/c1-24(2,18-10-6-7-11-18)34-23(31)32-19-14-12-17(13-15-19)21(28)33-20(25(26,27)22(29)30)16-8-4-3-5-9-16/h3-5,8-9,12-15,18,20H,6-7,10-11H2,1-2H3,(H,29,30). The van der Waals surface area contributed by atoms with Crippen molar-refractivity contribution in [3.05, 3.63) is 65.7 Å². The average Bonchev–Trinajstić information content (AvgIpc) is 3.34. The van der Waals surface area contributed by atoms with E-state index in [-0.39, 0.29) is 22.8 Å². The third-order valence-corrected chi connectivity index (χ3v) is 5.92. The van der Waals surface area contributed by atoms with Gasteiger partial charge in [-0.1, -0.05) is 43.2 Å². The summed E-state index contributed by atoms with van der Waals surface area (Å²) in [6.07, 6.45) is 0.908. The summed E-state index contributed by atoms with van der Waals surface area (Å²) in [5.41, 5.74) is -0.982. The van der Waals surface area contributed by atoms with Gasteiger partial charge in [-0.2, -0.15) is 8.78 Å². The first kappa shape index (κ1) is 25.1. The monoisotopic (exact) mass is 476 g/mol. The van der Waals surface area contributed by atoms with Crippen molar-refractivity contribution < 1.29 is 42.5 Å². The first-order chi connectivity index (χ1) is 16.0. The number of halogens is 2. The van der Waals surface area contributed by atoms with E-state index in [9.17, 15) is 23.2 Å². The molecule has 0 radical (unpaired) electrons. The highest BCUT2D eigenvalue weighted by atomic mass is 19.3. The van der Waals surface area contributed by atoms with Crippen molar-refractivity contribution in [3.63, 3.8) is 0 Å². The number of carbonyl (C=O) groups excluding carboxylic acids is 2. The highest BCUT2D eigenvalue weighted by molar-refractivity contribution is 5.90. The fourth-order valence-electron chi connectivity index (χ4n) is 3.96. The van der Waals surface area contributed by atoms with Crippen molar-refractivity contribution in [2.75, 3.05) is 0 Å². The molecule has 182 valence electrons. The molecule has 0 bridgehead atoms. The lowest BCUT2D eigenvalue weighted by Crippen LogP contribution is -2.38. The summed E-state index contributed by atoms with van der Waals surface area (Å²) in [6, 6.07) is 11.9. The van der Waals surface area contributed by atoms with E-state index in [4.69, 9.17) is 19.3 Å². The number of alkyl halides is 2. The van der Waals surface area contributed by atoms with Crippen LogP contribution >= 0.6 is 0 Å². The molecule has 0 amide bonds. The zero-order chi connectivity index (χ0) is 24.9. The molecule has 1 saturated carbocycles. The molecule has 0 heterocycles. The normalized spacial score (nSPS) is 15.4. The minimum absolute atomic E-state index is 0.0826. The first-order valence-corrected chi connectivity index (χ1v) is 10.9. The van der Waals surface area contributed by atoms with Crippen LogP contribution in [0.4, 0.5) is 13.6 Å². The Labute approximate surface area is 195 Å². The molecule has 9 heteroatoms. The van der Waals surface area contributed by atoms with Gasteiger partial charge in [0.25, 0.3) is 0 Å². The van der Waals surface area contributed by atoms with Crippen molar-refractivity contribution in [2.24, 2.45) is 5.92 Å². The quantitative estimate of drug-likeness (QED) is 0.380. The van der Waals surface area contributed by atoms with Crippen molar-refractivity contribution in [1.29, 1.82) is 0 Å². The number of rotatable bonds is 8. The Hall–Kier alpha value is -3.49. The summed E-state index contributed by atoms with van der Waals surface area (Å²) >= 11 is 0. The maximum Gasteiger partial charge on any atom is 0.514 e. The summed E-state index contributed by atoms with van der Waals surface area (Å²) in [4.78, 5) is 35.8. The minimum atomic E-state index is -4.35. The molecule has 2 aromatic carbocycles. The molecule has 0 saturated heterocycles. The molecule has 0 aromatic heterocycles. The molecule has 1 atom stereocenters. The Kier molecular flexibility index (Phi) is 7.54. The summed E-state index contributed by atoms with van der Waals surface area (Å²) in [5.74, 6) is -7.60. The van der Waals surface area contributed by atoms with E-state index >= 15 is 0 Å². The Bertz CT molecular complexity index is 1010. The number of ether oxygens (including phenoxy) is 3. The van der Waals surface area contributed by atoms with Gasteiger partial charge in [0.1, 0.15) is 11.4 Å². The highest BCUT2D eigenvalue weighted by Crippen LogP contribution is 2.37. The van der Waals surface area contributed by atoms with Crippen LogP contribution in [0, 0.1) is 5.92 Å². The fourth-order valence-corrected chi connectivity index (χ4v) is 3.96. The van der Waals surface area contributed by atoms with Gasteiger partial charge in [-0.15, -0.1) is 0 Å². The number of esters is 1. The van der Waals surface area contributed by atoms with E-state index in [0.29, 0.717) is 0 Å². The number of hydrogen-bond acceptors (Lipinski definition) is 6. The van der Waals surface area contributed by atoms with E-state index in [2.05, 4.69) is 0 Å². The maximum absolute atomic E-state index is 14.3. The highest BCUT2D eigenvalue weighted by Gasteiger charge is 2.51. The zero-order valence-electron chi connectivity index (χ0n) is 18.8. The first-order valence-electron chi connectivity index (χ1n) is 10.9. The third kappa shape index (κ3) is 5.89. The van der Waals surface area contributed by atoms with Gasteiger partial charge in [-0.05, 0) is 62.4 Å². The van der Waals surface area contributed by atoms with Gasteiger partial charge in [0.15, 0.2) is 0 Å². The number of carboxylic acids is 1. The molecule has 3 rings (SSSR count). The summed E-state index contributed by atoms with van der Waals surface area (Å²) in [6.45, 7) is 3.67. The van der Waals surface area contributed by atoms with Crippen molar-refractivity contribution in [2.45, 2.75) is 57.2 Å². The molecule has 2 aromatic rings. The third-order valence-electron chi connectivity index (χ3n) is 5.92. The minimum Gasteiger partial charge on any atom is -0.477 e. The van der Waals surface area contributed by atoms with Gasteiger partial charge in [-0.25, -0.2) is 14.4 Å². The zero-order valence-corrected chi connectivity index (χ0v) is 18.8. The fraction of sp³-hybridized carbons (Fsp3) is 0.400. The van der Waals surface area contributed by atoms with E-state index in [1.54, 1.807) is 6.07 Å². The molecular weight excluding hydrogens is 450 g/mol. The largest absolute Gasteiger partial charge is 0.514 e. The van der Waals surface area contributed by atoms with Gasteiger partial charge >= 0.3 is 24.0 Å². The molecule has 0 aliphatic heterocycles. The lowest BCUT2D eigenvalue weighted by Gasteiger charge is -2.30. The van der Waals surface area contributed by atoms with Crippen LogP contribution in [-0.4, -0.2) is 34.7 Å². The van der Waals surface area contributed by atoms with Gasteiger partial charge in [0, 0.05) is 0 Å². The smallest absolute Gasteiger partial charge is 0.477 e. The van der Waals surface area contributed by atoms with E-state index in [1.165, 1.54) is 48.5 Å². The Morgan fingerprint density at radius 3 is 2.12 bits per heavy atom. The van der Waals surface area contributed by atoms with Crippen LogP contribution in [0.1, 0.15) is 61.6 Å². The topological polar surface area (TPSA) is 99.1 Å². The Morgan fingerprint density at radius 1 is 0.971 bits per heavy atom. The number of benzene rings is 2. The molecule has 1 aliphatic rings. The lowest BCUT2D eigenvalue weighted by molar-refractivity contribution is -0.183. The van der Waals surface area contributed by atoms with Gasteiger partial charge in [0.05, 0.1) is 5.56 Å². The van der Waals surface area contributed by atoms with E-state index in [0.717, 1.165) is 25.7 Å². The van der Waals surface area contributed by atoms with Gasteiger partial charge in [-0.3, -0.25) is 0 Å². The van der Waals surface area contributed by atoms with Crippen molar-refractivity contribution in [1.82, 2.24) is 0 Å². The van der Waals surface area contributed by atoms with E-state index in [1.807, 2.05) is 13.8 Å². The molecule has 1 N–H and O–H groups in total. The van der Waals surface area contributed by atoms with Gasteiger partial charge in [0.2, 0.25) is 6.10 Å². The summed E-state index contributed by atoms with van der Waals surface area (Å²) in [5, 5.41) is 8.92. The summed E-state index contributed by atoms with van der Waals surface area (Å²) in [7, 11) is 0. The van der Waals surface area contributed by atoms with Crippen LogP contribution in [0.2, 0.25) is 0 Å². The molecule has 0 spiro atoms. The van der Waals surface area contributed by atoms with E-state index < -0.39 is 35.7 Å². The van der Waals surface area contributed by atoms with Crippen LogP contribution in [0.5, 0.6) is 5.75 Å². The molecule has 1 fully saturated rings. The number of carboxylic acid groups (broad SMARTS) is 1. The second kappa shape index (κ2) is 10.2. The predicted octanol–water partition coefficient (Wildman–Crippen LogP) is 5.79. The van der Waals surface area contributed by atoms with Crippen LogP contribution in [0.15, 0.2) is 54.6 Å². The lowest BCUT2D eigenvalue weighted by atomic mass is 9.89. The Balaban J connectivity index is 1.66. The maximum atomic E-state index is 14.3. The number of hydrogen-bond donors (Lipinski definition) is 1. The van der Waals surface area contributed by atoms with Crippen LogP contribution in [-0.2, 0) is 14.3 Å². The molecular formula is C25H26F2O7. The SMILES string of the molecule is CC(C)(OC(=O)Oc1ccc(C(=O)OC(c2ccccc2)C(F)(F)C(=O)O)cc1)C1CCCC1. The number of aliphatic carboxylic acids is 1. The molecule has 7 nitrogen and oxygen atoms in total. The average molecular weight is 476 g/mol. The molecule has 34 heavy (non-hydrogen) atoms. The summed E-state index contributed by atoms with van der Waals surface area (Å²) < 4.78 is 44.1. The van der Waals surface area contributed by atoms with Gasteiger partial charge < -0.3 is 19.3 Å². The number of carbonyl (C=O) groups is 3. The molecule has 1 unspecified atom stereocenters. The van der Waals surface area contributed by atoms with Crippen molar-refractivity contribution >= 4 is 18.1 Å². The Morgan fingerprint density at radius 2 is 1.56 bits per heavy atom. The predicted molar refractivity (Wildman–Crippen MR) is 117 cm³/mol. The van der Waals surface area contributed by atoms with Crippen LogP contribution in [0.25, 0.3) is 0 Å². The second-order valence-corrected chi connectivity index (χ2v) is 8.69. The second-order valence-electron chi connectivity index (χ2n) is 8.69.